The molecule has 0 atom stereocenters. The van der Waals surface area contributed by atoms with Crippen LogP contribution in [0.2, 0.25) is 0 Å². The van der Waals surface area contributed by atoms with Crippen LogP contribution < -0.4 is 0 Å². The van der Waals surface area contributed by atoms with Crippen LogP contribution in [-0.4, -0.2) is 4.98 Å². The number of rotatable bonds is 0. The van der Waals surface area contributed by atoms with E-state index < -0.39 is 11.9 Å². The van der Waals surface area contributed by atoms with Crippen LogP contribution in [0.5, 0.6) is 0 Å². The Morgan fingerprint density at radius 1 is 1.33 bits per heavy atom. The van der Waals surface area contributed by atoms with Crippen molar-refractivity contribution >= 4 is 28.3 Å². The summed E-state index contributed by atoms with van der Waals surface area (Å²) >= 11 is 2.91. The van der Waals surface area contributed by atoms with Crippen molar-refractivity contribution in [1.82, 2.24) is 4.98 Å². The largest absolute Gasteiger partial charge is 0.433 e. The van der Waals surface area contributed by atoms with Crippen LogP contribution in [0.1, 0.15) is 5.69 Å². The zero-order chi connectivity index (χ0) is 8.48. The van der Waals surface area contributed by atoms with Crippen LogP contribution in [0.3, 0.4) is 0 Å². The van der Waals surface area contributed by atoms with Gasteiger partial charge in [0.25, 0.3) is 0 Å². The van der Waals surface area contributed by atoms with E-state index in [0.29, 0.717) is 4.47 Å². The van der Waals surface area contributed by atoms with Crippen molar-refractivity contribution < 1.29 is 13.2 Å². The van der Waals surface area contributed by atoms with E-state index >= 15 is 0 Å². The lowest BCUT2D eigenvalue weighted by Crippen LogP contribution is -2.06. The van der Waals surface area contributed by atoms with E-state index in [1.54, 1.807) is 0 Å². The van der Waals surface area contributed by atoms with Gasteiger partial charge in [0.05, 0.1) is 0 Å². The number of nitrogens with zero attached hydrogens (tertiary/aromatic N) is 1. The quantitative estimate of drug-likeness (QED) is 0.699. The van der Waals surface area contributed by atoms with Crippen molar-refractivity contribution in [2.24, 2.45) is 0 Å². The molecule has 0 N–H and O–H groups in total. The molecule has 0 unspecified atom stereocenters. The Kier molecular flexibility index (Phi) is 3.99. The Morgan fingerprint density at radius 3 is 2.25 bits per heavy atom. The van der Waals surface area contributed by atoms with E-state index in [0.717, 1.165) is 12.3 Å². The van der Waals surface area contributed by atoms with Crippen molar-refractivity contribution in [3.05, 3.63) is 28.5 Å². The predicted molar refractivity (Wildman–Crippen MR) is 44.2 cm³/mol. The molecule has 0 aliphatic rings. The number of hydrogen-bond acceptors (Lipinski definition) is 1. The average molecular weight is 262 g/mol. The molecule has 0 aromatic carbocycles. The first-order chi connectivity index (χ1) is 5.00. The fourth-order valence-electron chi connectivity index (χ4n) is 0.560. The van der Waals surface area contributed by atoms with Crippen molar-refractivity contribution in [3.63, 3.8) is 0 Å². The van der Waals surface area contributed by atoms with Crippen LogP contribution in [0.25, 0.3) is 0 Å². The number of aromatic nitrogens is 1. The van der Waals surface area contributed by atoms with E-state index in [9.17, 15) is 13.2 Å². The number of pyridine rings is 1. The van der Waals surface area contributed by atoms with Gasteiger partial charge < -0.3 is 0 Å². The Balaban J connectivity index is 0.00000121. The highest BCUT2D eigenvalue weighted by Crippen LogP contribution is 2.28. The van der Waals surface area contributed by atoms with Crippen LogP contribution in [0, 0.1) is 0 Å². The second kappa shape index (κ2) is 4.09. The van der Waals surface area contributed by atoms with Gasteiger partial charge in [0.2, 0.25) is 0 Å². The van der Waals surface area contributed by atoms with Gasteiger partial charge in [-0.3, -0.25) is 4.98 Å². The minimum Gasteiger partial charge on any atom is -0.252 e. The number of hydrogen-bond donors (Lipinski definition) is 0. The molecule has 0 radical (unpaired) electrons. The lowest BCUT2D eigenvalue weighted by Gasteiger charge is -2.03. The molecule has 1 aromatic rings. The van der Waals surface area contributed by atoms with E-state index in [-0.39, 0.29) is 12.4 Å². The normalized spacial score (nSPS) is 10.7. The van der Waals surface area contributed by atoms with Crippen LogP contribution in [0.4, 0.5) is 13.2 Å². The molecule has 0 saturated carbocycles. The monoisotopic (exact) mass is 261 g/mol. The van der Waals surface area contributed by atoms with Crippen LogP contribution in [0.15, 0.2) is 22.8 Å². The van der Waals surface area contributed by atoms with Gasteiger partial charge in [0.1, 0.15) is 5.69 Å². The Bertz CT molecular complexity index is 263. The first-order valence-electron chi connectivity index (χ1n) is 2.69. The molecule has 0 amide bonds. The summed E-state index contributed by atoms with van der Waals surface area (Å²) in [7, 11) is 0. The number of alkyl halides is 3. The third-order valence-electron chi connectivity index (χ3n) is 1.01. The fourth-order valence-corrected chi connectivity index (χ4v) is 0.895. The maximum atomic E-state index is 11.9. The lowest BCUT2D eigenvalue weighted by molar-refractivity contribution is -0.141. The standard InChI is InChI=1S/C6H3BrF3N.ClH/c7-4-1-2-11-5(3-4)6(8,9)10;/h1-3H;1H. The highest BCUT2D eigenvalue weighted by atomic mass is 79.9. The maximum Gasteiger partial charge on any atom is 0.433 e. The third-order valence-corrected chi connectivity index (χ3v) is 1.51. The first-order valence-corrected chi connectivity index (χ1v) is 3.48. The maximum absolute atomic E-state index is 11.9. The van der Waals surface area contributed by atoms with Gasteiger partial charge >= 0.3 is 6.18 Å². The molecular weight excluding hydrogens is 258 g/mol. The summed E-state index contributed by atoms with van der Waals surface area (Å²) in [6, 6.07) is 2.37. The molecule has 68 valence electrons. The van der Waals surface area contributed by atoms with Gasteiger partial charge in [0, 0.05) is 10.7 Å². The summed E-state index contributed by atoms with van der Waals surface area (Å²) in [5, 5.41) is 0. The molecule has 1 heterocycles. The zero-order valence-electron chi connectivity index (χ0n) is 5.60. The van der Waals surface area contributed by atoms with E-state index in [2.05, 4.69) is 20.9 Å². The SMILES string of the molecule is Cl.FC(F)(F)c1cc(Br)ccn1. The molecule has 0 bridgehead atoms. The molecule has 1 rings (SSSR count). The molecule has 0 aliphatic heterocycles. The second-order valence-electron chi connectivity index (χ2n) is 1.86. The van der Waals surface area contributed by atoms with Crippen molar-refractivity contribution in [2.45, 2.75) is 6.18 Å². The molecular formula is C6H4BrClF3N. The van der Waals surface area contributed by atoms with Crippen LogP contribution >= 0.6 is 28.3 Å². The molecule has 0 aliphatic carbocycles. The smallest absolute Gasteiger partial charge is 0.252 e. The Hall–Kier alpha value is -0.290. The highest BCUT2D eigenvalue weighted by Gasteiger charge is 2.32. The van der Waals surface area contributed by atoms with Gasteiger partial charge in [-0.1, -0.05) is 15.9 Å². The molecule has 1 nitrogen and oxygen atoms in total. The van der Waals surface area contributed by atoms with Crippen molar-refractivity contribution in [1.29, 1.82) is 0 Å². The summed E-state index contributed by atoms with van der Waals surface area (Å²) in [6.07, 6.45) is -3.25. The third kappa shape index (κ3) is 2.98. The molecule has 0 saturated heterocycles. The van der Waals surface area contributed by atoms with E-state index in [1.165, 1.54) is 6.07 Å². The van der Waals surface area contributed by atoms with E-state index in [4.69, 9.17) is 0 Å². The summed E-state index contributed by atoms with van der Waals surface area (Å²) in [4.78, 5) is 3.16. The predicted octanol–water partition coefficient (Wildman–Crippen LogP) is 3.28. The topological polar surface area (TPSA) is 12.9 Å². The summed E-state index contributed by atoms with van der Waals surface area (Å²) < 4.78 is 36.0. The molecule has 1 aromatic heterocycles. The highest BCUT2D eigenvalue weighted by molar-refractivity contribution is 9.10. The van der Waals surface area contributed by atoms with Gasteiger partial charge in [0.15, 0.2) is 0 Å². The molecule has 6 heteroatoms. The summed E-state index contributed by atoms with van der Waals surface area (Å²) in [5.41, 5.74) is -0.883. The average Bonchev–Trinajstić information content (AvgIpc) is 1.86. The number of halogens is 5. The van der Waals surface area contributed by atoms with E-state index in [1.807, 2.05) is 0 Å². The van der Waals surface area contributed by atoms with Gasteiger partial charge in [-0.2, -0.15) is 13.2 Å². The zero-order valence-corrected chi connectivity index (χ0v) is 8.00. The first kappa shape index (κ1) is 11.7. The Morgan fingerprint density at radius 2 is 1.92 bits per heavy atom. The fraction of sp³-hybridized carbons (Fsp3) is 0.167. The van der Waals surface area contributed by atoms with Crippen molar-refractivity contribution in [3.8, 4) is 0 Å². The minimum atomic E-state index is -4.36. The Labute approximate surface area is 81.5 Å². The lowest BCUT2D eigenvalue weighted by atomic mass is 10.3. The van der Waals surface area contributed by atoms with Crippen LogP contribution in [-0.2, 0) is 6.18 Å². The van der Waals surface area contributed by atoms with Gasteiger partial charge in [-0.15, -0.1) is 12.4 Å². The molecule has 12 heavy (non-hydrogen) atoms. The summed E-state index contributed by atoms with van der Waals surface area (Å²) in [5.74, 6) is 0. The van der Waals surface area contributed by atoms with Crippen molar-refractivity contribution in [2.75, 3.05) is 0 Å². The summed E-state index contributed by atoms with van der Waals surface area (Å²) in [6.45, 7) is 0. The second-order valence-corrected chi connectivity index (χ2v) is 2.77. The minimum absolute atomic E-state index is 0. The molecule has 0 fully saturated rings. The van der Waals surface area contributed by atoms with Gasteiger partial charge in [-0.05, 0) is 12.1 Å². The van der Waals surface area contributed by atoms with Gasteiger partial charge in [-0.25, -0.2) is 0 Å². The molecule has 0 spiro atoms.